The maximum Gasteiger partial charge on any atom is 0.239 e. The van der Waals surface area contributed by atoms with Gasteiger partial charge < -0.3 is 14.4 Å². The summed E-state index contributed by atoms with van der Waals surface area (Å²) in [5.74, 6) is 1.83. The van der Waals surface area contributed by atoms with Crippen LogP contribution in [0, 0.1) is 0 Å². The molecule has 2 aliphatic rings. The zero-order chi connectivity index (χ0) is 18.7. The largest absolute Gasteiger partial charge is 0.493 e. The molecule has 3 rings (SSSR count). The number of hydrogen-bond donors (Lipinski definition) is 0. The molecule has 2 aliphatic heterocycles. The van der Waals surface area contributed by atoms with Crippen molar-refractivity contribution in [3.8, 4) is 11.5 Å². The summed E-state index contributed by atoms with van der Waals surface area (Å²) < 4.78 is 10.9. The number of carbonyl (C=O) groups excluding carboxylic acids is 1. The van der Waals surface area contributed by atoms with Crippen molar-refractivity contribution in [3.63, 3.8) is 0 Å². The fourth-order valence-electron chi connectivity index (χ4n) is 4.35. The minimum atomic E-state index is -0.0802. The first-order valence-corrected chi connectivity index (χ1v) is 9.87. The van der Waals surface area contributed by atoms with Crippen molar-refractivity contribution in [3.05, 3.63) is 23.3 Å². The highest BCUT2D eigenvalue weighted by atomic mass is 16.5. The predicted octanol–water partition coefficient (Wildman–Crippen LogP) is 3.24. The van der Waals surface area contributed by atoms with Crippen molar-refractivity contribution in [2.45, 2.75) is 64.6 Å². The quantitative estimate of drug-likeness (QED) is 0.808. The Morgan fingerprint density at radius 3 is 2.50 bits per heavy atom. The monoisotopic (exact) mass is 360 g/mol. The van der Waals surface area contributed by atoms with Gasteiger partial charge in [0, 0.05) is 25.7 Å². The molecule has 1 amide bonds. The van der Waals surface area contributed by atoms with E-state index in [1.54, 1.807) is 14.2 Å². The first-order chi connectivity index (χ1) is 12.6. The fraction of sp³-hybridized carbons (Fsp3) is 0.667. The molecule has 0 bridgehead atoms. The lowest BCUT2D eigenvalue weighted by atomic mass is 9.96. The summed E-state index contributed by atoms with van der Waals surface area (Å²) in [5.41, 5.74) is 2.53. The van der Waals surface area contributed by atoms with Crippen molar-refractivity contribution in [1.29, 1.82) is 0 Å². The Labute approximate surface area is 157 Å². The predicted molar refractivity (Wildman–Crippen MR) is 103 cm³/mol. The lowest BCUT2D eigenvalue weighted by Crippen LogP contribution is -2.53. The van der Waals surface area contributed by atoms with Crippen LogP contribution in [0.3, 0.4) is 0 Å². The van der Waals surface area contributed by atoms with Crippen LogP contribution in [-0.4, -0.2) is 55.1 Å². The smallest absolute Gasteiger partial charge is 0.239 e. The van der Waals surface area contributed by atoms with Gasteiger partial charge in [0.15, 0.2) is 11.5 Å². The minimum absolute atomic E-state index is 0.0802. The Kier molecular flexibility index (Phi) is 6.07. The average molecular weight is 360 g/mol. The van der Waals surface area contributed by atoms with Gasteiger partial charge in [-0.05, 0) is 62.3 Å². The normalized spacial score (nSPS) is 21.8. The number of hydrogen-bond acceptors (Lipinski definition) is 4. The van der Waals surface area contributed by atoms with E-state index in [1.165, 1.54) is 17.5 Å². The van der Waals surface area contributed by atoms with Crippen molar-refractivity contribution in [1.82, 2.24) is 9.80 Å². The van der Waals surface area contributed by atoms with E-state index in [9.17, 15) is 4.79 Å². The van der Waals surface area contributed by atoms with E-state index in [1.807, 2.05) is 0 Å². The van der Waals surface area contributed by atoms with Crippen molar-refractivity contribution >= 4 is 5.91 Å². The number of rotatable bonds is 5. The van der Waals surface area contributed by atoms with Crippen LogP contribution in [0.1, 0.15) is 50.7 Å². The summed E-state index contributed by atoms with van der Waals surface area (Å²) in [7, 11) is 3.33. The van der Waals surface area contributed by atoms with Gasteiger partial charge in [0.05, 0.1) is 20.3 Å². The number of amides is 1. The number of nitrogens with zero attached hydrogens (tertiary/aromatic N) is 2. The van der Waals surface area contributed by atoms with Crippen LogP contribution in [0.4, 0.5) is 0 Å². The van der Waals surface area contributed by atoms with Crippen LogP contribution >= 0.6 is 0 Å². The third kappa shape index (κ3) is 3.68. The number of methoxy groups -OCH3 is 2. The van der Waals surface area contributed by atoms with E-state index in [4.69, 9.17) is 9.47 Å². The number of piperidine rings is 1. The third-order valence-electron chi connectivity index (χ3n) is 6.03. The molecule has 1 aromatic carbocycles. The number of likely N-dealkylation sites (tertiary alicyclic amines) is 1. The second kappa shape index (κ2) is 8.30. The van der Waals surface area contributed by atoms with Crippen molar-refractivity contribution in [2.75, 3.05) is 27.3 Å². The molecule has 2 unspecified atom stereocenters. The molecule has 0 radical (unpaired) electrons. The zero-order valence-electron chi connectivity index (χ0n) is 16.6. The molecule has 1 aromatic rings. The number of benzene rings is 1. The molecule has 26 heavy (non-hydrogen) atoms. The summed E-state index contributed by atoms with van der Waals surface area (Å²) >= 11 is 0. The van der Waals surface area contributed by atoms with E-state index in [-0.39, 0.29) is 6.04 Å². The molecular formula is C21H32N2O3. The summed E-state index contributed by atoms with van der Waals surface area (Å²) in [6.45, 7) is 6.86. The molecule has 0 saturated carbocycles. The SMILES string of the molecule is CCC1CCCCN1C(=O)C(C)N1CCc2cc(OC)c(OC)cc2C1. The molecule has 5 heteroatoms. The lowest BCUT2D eigenvalue weighted by molar-refractivity contribution is -0.140. The maximum absolute atomic E-state index is 13.1. The minimum Gasteiger partial charge on any atom is -0.493 e. The molecule has 0 spiro atoms. The Hall–Kier alpha value is -1.75. The number of ether oxygens (including phenoxy) is 2. The molecule has 2 atom stereocenters. The van der Waals surface area contributed by atoms with Crippen LogP contribution in [0.25, 0.3) is 0 Å². The average Bonchev–Trinajstić information content (AvgIpc) is 2.70. The van der Waals surface area contributed by atoms with Crippen molar-refractivity contribution < 1.29 is 14.3 Å². The summed E-state index contributed by atoms with van der Waals surface area (Å²) in [6.07, 6.45) is 5.52. The second-order valence-corrected chi connectivity index (χ2v) is 7.46. The van der Waals surface area contributed by atoms with Gasteiger partial charge in [0.25, 0.3) is 0 Å². The van der Waals surface area contributed by atoms with E-state index < -0.39 is 0 Å². The molecule has 5 nitrogen and oxygen atoms in total. The summed E-state index contributed by atoms with van der Waals surface area (Å²) in [4.78, 5) is 17.6. The van der Waals surface area contributed by atoms with E-state index in [0.717, 1.165) is 56.8 Å². The highest BCUT2D eigenvalue weighted by Gasteiger charge is 2.33. The molecule has 1 saturated heterocycles. The Morgan fingerprint density at radius 1 is 1.15 bits per heavy atom. The fourth-order valence-corrected chi connectivity index (χ4v) is 4.35. The highest BCUT2D eigenvalue weighted by molar-refractivity contribution is 5.82. The first-order valence-electron chi connectivity index (χ1n) is 9.87. The van der Waals surface area contributed by atoms with Gasteiger partial charge in [-0.2, -0.15) is 0 Å². The third-order valence-corrected chi connectivity index (χ3v) is 6.03. The number of fused-ring (bicyclic) bond motifs is 1. The summed E-state index contributed by atoms with van der Waals surface area (Å²) in [5, 5.41) is 0. The van der Waals surface area contributed by atoms with Gasteiger partial charge in [0.1, 0.15) is 0 Å². The van der Waals surface area contributed by atoms with Gasteiger partial charge in [-0.1, -0.05) is 6.92 Å². The molecule has 0 aliphatic carbocycles. The van der Waals surface area contributed by atoms with Gasteiger partial charge in [-0.15, -0.1) is 0 Å². The van der Waals surface area contributed by atoms with Crippen molar-refractivity contribution in [2.24, 2.45) is 0 Å². The molecule has 144 valence electrons. The van der Waals surface area contributed by atoms with Gasteiger partial charge in [-0.3, -0.25) is 9.69 Å². The Morgan fingerprint density at radius 2 is 1.85 bits per heavy atom. The highest BCUT2D eigenvalue weighted by Crippen LogP contribution is 2.34. The zero-order valence-corrected chi connectivity index (χ0v) is 16.6. The van der Waals surface area contributed by atoms with Crippen LogP contribution < -0.4 is 9.47 Å². The van der Waals surface area contributed by atoms with Gasteiger partial charge >= 0.3 is 0 Å². The van der Waals surface area contributed by atoms with E-state index >= 15 is 0 Å². The van der Waals surface area contributed by atoms with E-state index in [0.29, 0.717) is 11.9 Å². The van der Waals surface area contributed by atoms with Crippen LogP contribution in [0.2, 0.25) is 0 Å². The second-order valence-electron chi connectivity index (χ2n) is 7.46. The number of carbonyl (C=O) groups is 1. The van der Waals surface area contributed by atoms with Crippen LogP contribution in [0.15, 0.2) is 12.1 Å². The topological polar surface area (TPSA) is 42.0 Å². The van der Waals surface area contributed by atoms with Crippen LogP contribution in [0.5, 0.6) is 11.5 Å². The Bertz CT molecular complexity index is 646. The standard InChI is InChI=1S/C21H32N2O3/c1-5-18-8-6-7-10-23(18)21(24)15(2)22-11-9-16-12-19(25-3)20(26-4)13-17(16)14-22/h12-13,15,18H,5-11,14H2,1-4H3. The molecule has 2 heterocycles. The summed E-state index contributed by atoms with van der Waals surface area (Å²) in [6, 6.07) is 4.48. The first kappa shape index (κ1) is 19.0. The van der Waals surface area contributed by atoms with Crippen LogP contribution in [-0.2, 0) is 17.8 Å². The lowest BCUT2D eigenvalue weighted by Gasteiger charge is -2.40. The molecule has 0 aromatic heterocycles. The van der Waals surface area contributed by atoms with Gasteiger partial charge in [0.2, 0.25) is 5.91 Å². The maximum atomic E-state index is 13.1. The van der Waals surface area contributed by atoms with Gasteiger partial charge in [-0.25, -0.2) is 0 Å². The molecular weight excluding hydrogens is 328 g/mol. The molecule has 1 fully saturated rings. The molecule has 0 N–H and O–H groups in total. The van der Waals surface area contributed by atoms with E-state index in [2.05, 4.69) is 35.8 Å². The Balaban J connectivity index is 1.74.